The van der Waals surface area contributed by atoms with Gasteiger partial charge >= 0.3 is 6.03 Å². The van der Waals surface area contributed by atoms with Crippen molar-refractivity contribution in [2.45, 2.75) is 6.92 Å². The minimum absolute atomic E-state index is 0.0410. The van der Waals surface area contributed by atoms with Crippen LogP contribution in [0.2, 0.25) is 0 Å². The summed E-state index contributed by atoms with van der Waals surface area (Å²) in [5.74, 6) is -0.357. The van der Waals surface area contributed by atoms with E-state index in [2.05, 4.69) is 16.2 Å². The summed E-state index contributed by atoms with van der Waals surface area (Å²) < 4.78 is 0. The molecule has 0 aliphatic heterocycles. The van der Waals surface area contributed by atoms with Gasteiger partial charge in [-0.3, -0.25) is 10.2 Å². The summed E-state index contributed by atoms with van der Waals surface area (Å²) >= 11 is 0. The van der Waals surface area contributed by atoms with Gasteiger partial charge in [-0.05, 0) is 17.7 Å². The van der Waals surface area contributed by atoms with Crippen LogP contribution in [0.1, 0.15) is 12.5 Å². The summed E-state index contributed by atoms with van der Waals surface area (Å²) in [6.45, 7) is 1.25. The third-order valence-corrected chi connectivity index (χ3v) is 1.91. The Hall–Kier alpha value is -2.34. The molecule has 3 amide bonds. The lowest BCUT2D eigenvalue weighted by molar-refractivity contribution is -0.119. The Labute approximate surface area is 105 Å². The average Bonchev–Trinajstić information content (AvgIpc) is 2.34. The van der Waals surface area contributed by atoms with Gasteiger partial charge in [-0.1, -0.05) is 24.3 Å². The van der Waals surface area contributed by atoms with Gasteiger partial charge in [0.05, 0.1) is 6.61 Å². The highest BCUT2D eigenvalue weighted by atomic mass is 16.2. The van der Waals surface area contributed by atoms with E-state index < -0.39 is 6.03 Å². The van der Waals surface area contributed by atoms with E-state index >= 15 is 0 Å². The smallest absolute Gasteiger partial charge is 0.337 e. The van der Waals surface area contributed by atoms with Crippen molar-refractivity contribution in [3.63, 3.8) is 0 Å². The molecule has 0 radical (unpaired) electrons. The van der Waals surface area contributed by atoms with Gasteiger partial charge in [-0.15, -0.1) is 0 Å². The number of hydrogen-bond acceptors (Lipinski definition) is 3. The molecule has 0 spiro atoms. The van der Waals surface area contributed by atoms with E-state index in [0.717, 1.165) is 5.56 Å². The molecular weight excluding hydrogens is 234 g/mol. The van der Waals surface area contributed by atoms with Crippen molar-refractivity contribution in [3.05, 3.63) is 35.9 Å². The van der Waals surface area contributed by atoms with Gasteiger partial charge in [0.1, 0.15) is 0 Å². The molecule has 0 unspecified atom stereocenters. The molecule has 6 heteroatoms. The quantitative estimate of drug-likeness (QED) is 0.599. The fourth-order valence-corrected chi connectivity index (χ4v) is 1.22. The first-order valence-corrected chi connectivity index (χ1v) is 5.33. The summed E-state index contributed by atoms with van der Waals surface area (Å²) in [4.78, 5) is 21.9. The van der Waals surface area contributed by atoms with Crippen LogP contribution in [0.5, 0.6) is 0 Å². The van der Waals surface area contributed by atoms with E-state index in [4.69, 9.17) is 5.11 Å². The van der Waals surface area contributed by atoms with Crippen LogP contribution in [-0.2, 0) is 4.79 Å². The molecule has 0 aliphatic rings. The first-order chi connectivity index (χ1) is 8.61. The predicted molar refractivity (Wildman–Crippen MR) is 68.5 cm³/mol. The molecule has 1 aromatic carbocycles. The lowest BCUT2D eigenvalue weighted by Crippen LogP contribution is -2.42. The van der Waals surface area contributed by atoms with Crippen LogP contribution in [0.4, 0.5) is 10.5 Å². The number of rotatable bonds is 3. The molecule has 0 saturated heterocycles. The summed E-state index contributed by atoms with van der Waals surface area (Å²) in [6.07, 6.45) is 3.33. The molecule has 0 aliphatic carbocycles. The van der Waals surface area contributed by atoms with Crippen molar-refractivity contribution in [2.24, 2.45) is 0 Å². The maximum absolute atomic E-state index is 11.3. The third-order valence-electron chi connectivity index (χ3n) is 1.91. The number of aliphatic hydroxyl groups excluding tert-OH is 1. The van der Waals surface area contributed by atoms with E-state index in [-0.39, 0.29) is 12.5 Å². The molecule has 96 valence electrons. The maximum atomic E-state index is 11.3. The highest BCUT2D eigenvalue weighted by Crippen LogP contribution is 2.11. The number of nitrogens with one attached hydrogen (secondary N) is 3. The Morgan fingerprint density at radius 2 is 2.11 bits per heavy atom. The van der Waals surface area contributed by atoms with Crippen LogP contribution in [0, 0.1) is 0 Å². The Bertz CT molecular complexity index is 458. The molecule has 6 nitrogen and oxygen atoms in total. The normalized spacial score (nSPS) is 10.1. The molecule has 0 bridgehead atoms. The van der Waals surface area contributed by atoms with Gasteiger partial charge in [0.2, 0.25) is 5.91 Å². The third kappa shape index (κ3) is 5.13. The van der Waals surface area contributed by atoms with Crippen LogP contribution >= 0.6 is 0 Å². The number of amides is 3. The molecule has 18 heavy (non-hydrogen) atoms. The van der Waals surface area contributed by atoms with Gasteiger partial charge in [0.15, 0.2) is 0 Å². The molecule has 1 aromatic rings. The second-order valence-electron chi connectivity index (χ2n) is 3.47. The lowest BCUT2D eigenvalue weighted by atomic mass is 10.2. The van der Waals surface area contributed by atoms with Gasteiger partial charge in [-0.2, -0.15) is 0 Å². The zero-order valence-electron chi connectivity index (χ0n) is 9.93. The molecule has 1 rings (SSSR count). The number of carbonyl (C=O) groups excluding carboxylic acids is 2. The Balaban J connectivity index is 2.58. The van der Waals surface area contributed by atoms with Crippen LogP contribution in [0.25, 0.3) is 6.08 Å². The fraction of sp³-hybridized carbons (Fsp3) is 0.167. The van der Waals surface area contributed by atoms with Crippen LogP contribution in [0.3, 0.4) is 0 Å². The zero-order chi connectivity index (χ0) is 13.4. The van der Waals surface area contributed by atoms with E-state index in [1.165, 1.54) is 6.92 Å². The minimum Gasteiger partial charge on any atom is -0.392 e. The van der Waals surface area contributed by atoms with Crippen molar-refractivity contribution in [1.82, 2.24) is 10.9 Å². The second kappa shape index (κ2) is 7.08. The molecule has 0 fully saturated rings. The molecular formula is C12H15N3O3. The number of urea groups is 1. The van der Waals surface area contributed by atoms with Gasteiger partial charge in [0, 0.05) is 12.6 Å². The maximum Gasteiger partial charge on any atom is 0.337 e. The van der Waals surface area contributed by atoms with Crippen molar-refractivity contribution in [3.8, 4) is 0 Å². The number of anilines is 1. The Kier molecular flexibility index (Phi) is 5.40. The van der Waals surface area contributed by atoms with Crippen molar-refractivity contribution >= 4 is 23.7 Å². The highest BCUT2D eigenvalue weighted by Gasteiger charge is 2.01. The van der Waals surface area contributed by atoms with Crippen molar-refractivity contribution in [2.75, 3.05) is 11.9 Å². The number of aliphatic hydroxyl groups is 1. The summed E-state index contributed by atoms with van der Waals surface area (Å²) in [7, 11) is 0. The zero-order valence-corrected chi connectivity index (χ0v) is 9.93. The molecule has 0 heterocycles. The van der Waals surface area contributed by atoms with Crippen molar-refractivity contribution in [1.29, 1.82) is 0 Å². The molecule has 4 N–H and O–H groups in total. The first kappa shape index (κ1) is 13.7. The van der Waals surface area contributed by atoms with Crippen LogP contribution < -0.4 is 16.2 Å². The molecule has 0 atom stereocenters. The first-order valence-electron chi connectivity index (χ1n) is 5.33. The van der Waals surface area contributed by atoms with E-state index in [0.29, 0.717) is 5.69 Å². The Morgan fingerprint density at radius 3 is 2.78 bits per heavy atom. The number of hydrazine groups is 1. The van der Waals surface area contributed by atoms with E-state index in [1.54, 1.807) is 30.4 Å². The summed E-state index contributed by atoms with van der Waals surface area (Å²) in [5.41, 5.74) is 5.78. The highest BCUT2D eigenvalue weighted by molar-refractivity contribution is 5.90. The Morgan fingerprint density at radius 1 is 1.33 bits per heavy atom. The summed E-state index contributed by atoms with van der Waals surface area (Å²) in [6, 6.07) is 6.52. The van der Waals surface area contributed by atoms with Gasteiger partial charge in [-0.25, -0.2) is 10.2 Å². The van der Waals surface area contributed by atoms with Crippen LogP contribution in [0.15, 0.2) is 30.3 Å². The van der Waals surface area contributed by atoms with Gasteiger partial charge < -0.3 is 10.4 Å². The monoisotopic (exact) mass is 249 g/mol. The molecule has 0 saturated carbocycles. The lowest BCUT2D eigenvalue weighted by Gasteiger charge is -2.07. The average molecular weight is 249 g/mol. The summed E-state index contributed by atoms with van der Waals surface area (Å²) in [5, 5.41) is 11.2. The van der Waals surface area contributed by atoms with Crippen LogP contribution in [-0.4, -0.2) is 23.7 Å². The van der Waals surface area contributed by atoms with Crippen molar-refractivity contribution < 1.29 is 14.7 Å². The molecule has 0 aromatic heterocycles. The largest absolute Gasteiger partial charge is 0.392 e. The minimum atomic E-state index is -0.534. The van der Waals surface area contributed by atoms with E-state index in [9.17, 15) is 9.59 Å². The van der Waals surface area contributed by atoms with Gasteiger partial charge in [0.25, 0.3) is 0 Å². The standard InChI is InChI=1S/C12H15N3O3/c1-9(17)14-15-12(18)13-11-6-2-4-10(8-11)5-3-7-16/h2-6,8,16H,7H2,1H3,(H,14,17)(H2,13,15,18). The SMILES string of the molecule is CC(=O)NNC(=O)Nc1cccc(C=CCO)c1. The second-order valence-corrected chi connectivity index (χ2v) is 3.47. The number of carbonyl (C=O) groups is 2. The topological polar surface area (TPSA) is 90.5 Å². The number of hydrogen-bond donors (Lipinski definition) is 4. The predicted octanol–water partition coefficient (Wildman–Crippen LogP) is 0.865. The fourth-order valence-electron chi connectivity index (χ4n) is 1.22. The van der Waals surface area contributed by atoms with E-state index in [1.807, 2.05) is 6.07 Å². The number of benzene rings is 1.